The molecule has 1 aromatic carbocycles. The second-order valence-corrected chi connectivity index (χ2v) is 5.78. The topological polar surface area (TPSA) is 58.1 Å². The minimum Gasteiger partial charge on any atom is -0.507 e. The number of ether oxygens (including phenoxy) is 1. The van der Waals surface area contributed by atoms with Crippen molar-refractivity contribution in [1.82, 2.24) is 9.97 Å². The van der Waals surface area contributed by atoms with Crippen molar-refractivity contribution in [2.45, 2.75) is 12.8 Å². The fourth-order valence-electron chi connectivity index (χ4n) is 2.21. The van der Waals surface area contributed by atoms with Crippen molar-refractivity contribution >= 4 is 11.6 Å². The Labute approximate surface area is 150 Å². The molecular weight excluding hydrogens is 376 g/mol. The van der Waals surface area contributed by atoms with E-state index in [9.17, 15) is 22.7 Å². The van der Waals surface area contributed by atoms with Crippen molar-refractivity contribution in [1.29, 1.82) is 0 Å². The molecule has 0 aliphatic carbocycles. The lowest BCUT2D eigenvalue weighted by Gasteiger charge is -2.08. The zero-order valence-corrected chi connectivity index (χ0v) is 13.7. The lowest BCUT2D eigenvalue weighted by Crippen LogP contribution is -2.02. The van der Waals surface area contributed by atoms with Gasteiger partial charge in [0.25, 0.3) is 0 Å². The molecule has 0 unspecified atom stereocenters. The molecule has 0 amide bonds. The molecule has 0 radical (unpaired) electrons. The Balaban J connectivity index is 1.75. The molecule has 0 saturated heterocycles. The van der Waals surface area contributed by atoms with Gasteiger partial charge in [-0.3, -0.25) is 0 Å². The van der Waals surface area contributed by atoms with Crippen LogP contribution in [0, 0.1) is 5.82 Å². The summed E-state index contributed by atoms with van der Waals surface area (Å²) < 4.78 is 56.6. The molecule has 0 aliphatic rings. The smallest absolute Gasteiger partial charge is 0.417 e. The van der Waals surface area contributed by atoms with Gasteiger partial charge in [0.2, 0.25) is 5.88 Å². The summed E-state index contributed by atoms with van der Waals surface area (Å²) in [5.41, 5.74) is -0.215. The van der Waals surface area contributed by atoms with E-state index in [2.05, 4.69) is 9.97 Å². The number of hydrogen-bond acceptors (Lipinski definition) is 3. The van der Waals surface area contributed by atoms with Gasteiger partial charge in [0.05, 0.1) is 21.8 Å². The summed E-state index contributed by atoms with van der Waals surface area (Å²) in [6.45, 7) is -0.0272. The average molecular weight is 387 g/mol. The quantitative estimate of drug-likeness (QED) is 0.608. The fourth-order valence-corrected chi connectivity index (χ4v) is 2.33. The summed E-state index contributed by atoms with van der Waals surface area (Å²) in [6.07, 6.45) is -2.51. The van der Waals surface area contributed by atoms with Crippen LogP contribution >= 0.6 is 11.6 Å². The molecule has 9 heteroatoms. The third-order valence-electron chi connectivity index (χ3n) is 3.53. The number of aromatic nitrogens is 2. The van der Waals surface area contributed by atoms with Gasteiger partial charge in [0.15, 0.2) is 0 Å². The number of nitrogens with zero attached hydrogens (tertiary/aromatic N) is 1. The van der Waals surface area contributed by atoms with Crippen LogP contribution in [0.3, 0.4) is 0 Å². The normalized spacial score (nSPS) is 11.6. The van der Waals surface area contributed by atoms with Gasteiger partial charge in [-0.2, -0.15) is 13.2 Å². The summed E-state index contributed by atoms with van der Waals surface area (Å²) in [5, 5.41) is 10.0. The van der Waals surface area contributed by atoms with Crippen LogP contribution in [-0.2, 0) is 12.8 Å². The highest BCUT2D eigenvalue weighted by Crippen LogP contribution is 2.35. The molecular formula is C17H11ClF4N2O2. The maximum absolute atomic E-state index is 13.4. The standard InChI is InChI=1S/C17H11ClF4N2O2/c18-12-2-1-9(3-13(12)19)8-26-16-5-15(25)11(7-24-16)14-4-10(6-23-14)17(20,21)22/h1-7,23H,8H2,(H,24,25). The summed E-state index contributed by atoms with van der Waals surface area (Å²) in [5.74, 6) is -0.872. The number of aromatic hydroxyl groups is 1. The molecule has 2 N–H and O–H groups in total. The van der Waals surface area contributed by atoms with Gasteiger partial charge < -0.3 is 14.8 Å². The van der Waals surface area contributed by atoms with Crippen molar-refractivity contribution in [3.63, 3.8) is 0 Å². The number of halogens is 5. The number of pyridine rings is 1. The van der Waals surface area contributed by atoms with Gasteiger partial charge >= 0.3 is 6.18 Å². The van der Waals surface area contributed by atoms with Gasteiger partial charge in [-0.15, -0.1) is 0 Å². The number of alkyl halides is 3. The van der Waals surface area contributed by atoms with Crippen LogP contribution in [0.1, 0.15) is 11.1 Å². The third kappa shape index (κ3) is 3.91. The number of H-pyrrole nitrogens is 1. The molecule has 0 spiro atoms. The number of benzene rings is 1. The molecule has 0 saturated carbocycles. The lowest BCUT2D eigenvalue weighted by atomic mass is 10.2. The Morgan fingerprint density at radius 2 is 1.96 bits per heavy atom. The van der Waals surface area contributed by atoms with Gasteiger partial charge in [0, 0.05) is 18.5 Å². The second kappa shape index (κ2) is 6.87. The molecule has 26 heavy (non-hydrogen) atoms. The molecule has 0 fully saturated rings. The SMILES string of the molecule is Oc1cc(OCc2ccc(Cl)c(F)c2)ncc1-c1cc(C(F)(F)F)c[nH]1. The molecule has 4 nitrogen and oxygen atoms in total. The summed E-state index contributed by atoms with van der Waals surface area (Å²) in [7, 11) is 0. The molecule has 0 bridgehead atoms. The van der Waals surface area contributed by atoms with E-state index >= 15 is 0 Å². The van der Waals surface area contributed by atoms with E-state index in [0.717, 1.165) is 18.3 Å². The molecule has 136 valence electrons. The zero-order chi connectivity index (χ0) is 18.9. The van der Waals surface area contributed by atoms with Crippen molar-refractivity contribution < 1.29 is 27.4 Å². The van der Waals surface area contributed by atoms with Crippen LogP contribution in [0.15, 0.2) is 42.7 Å². The van der Waals surface area contributed by atoms with Gasteiger partial charge in [0.1, 0.15) is 18.2 Å². The first-order valence-electron chi connectivity index (χ1n) is 7.26. The summed E-state index contributed by atoms with van der Waals surface area (Å²) in [4.78, 5) is 6.38. The largest absolute Gasteiger partial charge is 0.507 e. The predicted molar refractivity (Wildman–Crippen MR) is 86.4 cm³/mol. The number of rotatable bonds is 4. The van der Waals surface area contributed by atoms with E-state index in [-0.39, 0.29) is 34.5 Å². The Bertz CT molecular complexity index is 941. The van der Waals surface area contributed by atoms with E-state index in [0.29, 0.717) is 5.56 Å². The highest BCUT2D eigenvalue weighted by Gasteiger charge is 2.32. The first kappa shape index (κ1) is 18.1. The van der Waals surface area contributed by atoms with Crippen LogP contribution in [0.4, 0.5) is 17.6 Å². The monoisotopic (exact) mass is 386 g/mol. The highest BCUT2D eigenvalue weighted by atomic mass is 35.5. The van der Waals surface area contributed by atoms with Crippen LogP contribution in [0.25, 0.3) is 11.3 Å². The molecule has 3 aromatic rings. The Hall–Kier alpha value is -2.74. The van der Waals surface area contributed by atoms with Crippen molar-refractivity contribution in [3.8, 4) is 22.9 Å². The van der Waals surface area contributed by atoms with Crippen LogP contribution in [0.2, 0.25) is 5.02 Å². The average Bonchev–Trinajstić information content (AvgIpc) is 3.06. The highest BCUT2D eigenvalue weighted by molar-refractivity contribution is 6.30. The van der Waals surface area contributed by atoms with Crippen molar-refractivity contribution in [3.05, 3.63) is 64.7 Å². The number of aromatic amines is 1. The van der Waals surface area contributed by atoms with E-state index in [4.69, 9.17) is 16.3 Å². The minimum absolute atomic E-state index is 0.0157. The first-order chi connectivity index (χ1) is 12.2. The van der Waals surface area contributed by atoms with E-state index < -0.39 is 17.6 Å². The summed E-state index contributed by atoms with van der Waals surface area (Å²) >= 11 is 5.59. The van der Waals surface area contributed by atoms with Crippen molar-refractivity contribution in [2.75, 3.05) is 0 Å². The Morgan fingerprint density at radius 1 is 1.19 bits per heavy atom. The summed E-state index contributed by atoms with van der Waals surface area (Å²) in [6, 6.07) is 6.18. The first-order valence-corrected chi connectivity index (χ1v) is 7.63. The molecule has 3 rings (SSSR count). The predicted octanol–water partition coefficient (Wildman–Crippen LogP) is 5.17. The van der Waals surface area contributed by atoms with E-state index in [1.807, 2.05) is 0 Å². The molecule has 0 atom stereocenters. The minimum atomic E-state index is -4.49. The van der Waals surface area contributed by atoms with E-state index in [1.54, 1.807) is 6.07 Å². The lowest BCUT2D eigenvalue weighted by molar-refractivity contribution is -0.137. The van der Waals surface area contributed by atoms with Crippen molar-refractivity contribution in [2.24, 2.45) is 0 Å². The maximum Gasteiger partial charge on any atom is 0.417 e. The van der Waals surface area contributed by atoms with Crippen LogP contribution in [-0.4, -0.2) is 15.1 Å². The fraction of sp³-hybridized carbons (Fsp3) is 0.118. The van der Waals surface area contributed by atoms with Gasteiger partial charge in [-0.25, -0.2) is 9.37 Å². The third-order valence-corrected chi connectivity index (χ3v) is 3.83. The Morgan fingerprint density at radius 3 is 2.58 bits per heavy atom. The van der Waals surface area contributed by atoms with Gasteiger partial charge in [-0.05, 0) is 23.8 Å². The second-order valence-electron chi connectivity index (χ2n) is 5.38. The number of nitrogens with one attached hydrogen (secondary N) is 1. The molecule has 2 heterocycles. The van der Waals surface area contributed by atoms with Crippen LogP contribution < -0.4 is 4.74 Å². The maximum atomic E-state index is 13.4. The van der Waals surface area contributed by atoms with E-state index in [1.165, 1.54) is 18.3 Å². The van der Waals surface area contributed by atoms with Crippen LogP contribution in [0.5, 0.6) is 11.6 Å². The van der Waals surface area contributed by atoms with Gasteiger partial charge in [-0.1, -0.05) is 17.7 Å². The Kier molecular flexibility index (Phi) is 4.78. The molecule has 2 aromatic heterocycles. The number of hydrogen-bond donors (Lipinski definition) is 2. The molecule has 0 aliphatic heterocycles. The zero-order valence-electron chi connectivity index (χ0n) is 12.9.